The van der Waals surface area contributed by atoms with Crippen LogP contribution in [0.3, 0.4) is 0 Å². The van der Waals surface area contributed by atoms with Crippen molar-refractivity contribution in [1.82, 2.24) is 4.90 Å². The van der Waals surface area contributed by atoms with Gasteiger partial charge in [-0.05, 0) is 4.48 Å². The van der Waals surface area contributed by atoms with E-state index in [-0.39, 0.29) is 9.35 Å². The average Bonchev–Trinajstić information content (AvgIpc) is 2.61. The molecule has 6 rings (SSSR count). The zero-order chi connectivity index (χ0) is 23.3. The molecular weight excluding hydrogens is 437 g/mol. The number of hydrogen-bond acceptors (Lipinski definition) is 3. The van der Waals surface area contributed by atoms with Gasteiger partial charge in [0.2, 0.25) is 0 Å². The quantitative estimate of drug-likeness (QED) is 0.197. The van der Waals surface area contributed by atoms with Gasteiger partial charge in [0, 0.05) is 19.6 Å². The summed E-state index contributed by atoms with van der Waals surface area (Å²) in [5.74, 6) is 0. The largest absolute Gasteiger partial charge is 0.673 e. The number of quaternary nitrogens is 3. The molecule has 0 spiro atoms. The fraction of sp³-hybridized carbons (Fsp3) is 1.00. The first-order chi connectivity index (χ1) is 13.5. The topological polar surface area (TPSA) is 35.5 Å². The highest BCUT2D eigenvalue weighted by molar-refractivity contribution is 6.50. The van der Waals surface area contributed by atoms with Gasteiger partial charge < -0.3 is 44.4 Å². The zero-order valence-electron chi connectivity index (χ0n) is 16.6. The van der Waals surface area contributed by atoms with Gasteiger partial charge in [-0.25, -0.2) is 4.84 Å². The van der Waals surface area contributed by atoms with Gasteiger partial charge in [0.15, 0.2) is 39.3 Å². The molecule has 30 heavy (non-hydrogen) atoms. The first-order valence-corrected chi connectivity index (χ1v) is 9.48. The van der Waals surface area contributed by atoms with Gasteiger partial charge in [-0.2, -0.15) is 4.65 Å². The van der Waals surface area contributed by atoms with Crippen molar-refractivity contribution >= 4 is 14.5 Å². The van der Waals surface area contributed by atoms with Crippen molar-refractivity contribution in [2.24, 2.45) is 0 Å². The first-order valence-electron chi connectivity index (χ1n) is 9.48. The summed E-state index contributed by atoms with van der Waals surface area (Å²) in [4.78, 5) is 7.74. The van der Waals surface area contributed by atoms with Crippen LogP contribution < -0.4 is 0 Å². The molecule has 0 aromatic heterocycles. The fourth-order valence-electron chi connectivity index (χ4n) is 3.67. The third-order valence-electron chi connectivity index (χ3n) is 5.58. The number of hydrogen-bond donors (Lipinski definition) is 0. The third-order valence-corrected chi connectivity index (χ3v) is 5.58. The maximum atomic E-state index is 13.5. The van der Waals surface area contributed by atoms with E-state index in [1.54, 1.807) is 7.11 Å². The highest BCUT2D eigenvalue weighted by atomic mass is 19.5. The van der Waals surface area contributed by atoms with Gasteiger partial charge >= 0.3 is 14.5 Å². The lowest BCUT2D eigenvalue weighted by Crippen LogP contribution is -2.71. The molecule has 6 saturated heterocycles. The van der Waals surface area contributed by atoms with E-state index in [0.717, 1.165) is 58.9 Å². The maximum absolute atomic E-state index is 13.5. The van der Waals surface area contributed by atoms with Crippen LogP contribution in [-0.4, -0.2) is 119 Å². The van der Waals surface area contributed by atoms with Crippen LogP contribution in [0.25, 0.3) is 0 Å². The van der Waals surface area contributed by atoms with E-state index < -0.39 is 14.5 Å². The fourth-order valence-corrected chi connectivity index (χ4v) is 3.67. The molecule has 6 fully saturated rings. The van der Waals surface area contributed by atoms with Crippen molar-refractivity contribution in [2.75, 3.05) is 85.6 Å². The molecule has 0 aromatic carbocycles. The summed E-state index contributed by atoms with van der Waals surface area (Å²) in [7, 11) is -10.3. The van der Waals surface area contributed by atoms with Gasteiger partial charge in [-0.1, -0.05) is 0 Å². The first kappa shape index (κ1) is 27.3. The number of hydroxylamine groups is 6. The Morgan fingerprint density at radius 3 is 1.17 bits per heavy atom. The normalized spacial score (nSPS) is 37.1. The Hall–Kier alpha value is -0.740. The van der Waals surface area contributed by atoms with E-state index in [1.165, 1.54) is 0 Å². The molecular formula is C13H27B2F9N4O2. The van der Waals surface area contributed by atoms with Crippen LogP contribution in [0, 0.1) is 5.21 Å². The van der Waals surface area contributed by atoms with Crippen LogP contribution >= 0.6 is 0 Å². The minimum Gasteiger partial charge on any atom is -0.633 e. The Bertz CT molecular complexity index is 471. The number of nitrogens with zero attached hydrogens (tertiary/aromatic N) is 4. The lowest BCUT2D eigenvalue weighted by atomic mass is 10.2. The molecule has 0 unspecified atom stereocenters. The molecule has 0 N–H and O–H groups in total. The van der Waals surface area contributed by atoms with Crippen LogP contribution in [0.5, 0.6) is 0 Å². The Morgan fingerprint density at radius 2 is 0.967 bits per heavy atom. The molecule has 180 valence electrons. The monoisotopic (exact) mass is 464 g/mol. The SMILES string of the molecule is CO[N+]12CC[N+](F)(CC1)CC2.F[B-](F)(F)F.F[B-](F)(F)F.[O-][N+]12CCN(CC1)CC2. The van der Waals surface area contributed by atoms with Gasteiger partial charge in [-0.3, -0.25) is 4.90 Å². The molecule has 0 aliphatic carbocycles. The van der Waals surface area contributed by atoms with Crippen LogP contribution in [0.4, 0.5) is 39.0 Å². The second-order valence-electron chi connectivity index (χ2n) is 7.67. The molecule has 0 atom stereocenters. The van der Waals surface area contributed by atoms with Crippen molar-refractivity contribution < 1.29 is 57.8 Å². The van der Waals surface area contributed by atoms with Crippen LogP contribution in [0.2, 0.25) is 0 Å². The Balaban J connectivity index is 0.000000214. The van der Waals surface area contributed by atoms with E-state index in [4.69, 9.17) is 4.84 Å². The molecule has 4 bridgehead atoms. The van der Waals surface area contributed by atoms with Crippen molar-refractivity contribution in [2.45, 2.75) is 0 Å². The van der Waals surface area contributed by atoms with Crippen molar-refractivity contribution in [1.29, 1.82) is 0 Å². The van der Waals surface area contributed by atoms with E-state index in [2.05, 4.69) is 4.90 Å². The molecule has 0 radical (unpaired) electrons. The predicted octanol–water partition coefficient (Wildman–Crippen LogP) is 2.32. The molecule has 0 saturated carbocycles. The summed E-state index contributed by atoms with van der Waals surface area (Å²) in [6.07, 6.45) is 0. The highest BCUT2D eigenvalue weighted by Gasteiger charge is 2.52. The standard InChI is InChI=1S/C7H15FN2O.C6H12N2O.2BF4/c1-11-10-5-2-9(8,3-6-10)4-7-10;9-8-4-1-7(2-5-8)3-6-8;2*2-1(3,4)5/h2-7H2,1H3;1-6H2;;/q+2;;2*-1. The molecule has 6 nitrogen and oxygen atoms in total. The Morgan fingerprint density at radius 1 is 0.667 bits per heavy atom. The summed E-state index contributed by atoms with van der Waals surface area (Å²) in [6, 6.07) is 0. The number of fused-ring (bicyclic) bond motifs is 6. The lowest BCUT2D eigenvalue weighted by molar-refractivity contribution is -1.21. The highest BCUT2D eigenvalue weighted by Crippen LogP contribution is 2.26. The lowest BCUT2D eigenvalue weighted by Gasteiger charge is -2.53. The van der Waals surface area contributed by atoms with Gasteiger partial charge in [0.25, 0.3) is 0 Å². The zero-order valence-corrected chi connectivity index (χ0v) is 16.6. The van der Waals surface area contributed by atoms with Crippen LogP contribution in [-0.2, 0) is 4.84 Å². The van der Waals surface area contributed by atoms with Gasteiger partial charge in [0.05, 0.1) is 26.7 Å². The van der Waals surface area contributed by atoms with E-state index in [0.29, 0.717) is 24.3 Å². The van der Waals surface area contributed by atoms with E-state index >= 15 is 0 Å². The van der Waals surface area contributed by atoms with Crippen molar-refractivity contribution in [3.63, 3.8) is 0 Å². The van der Waals surface area contributed by atoms with Crippen molar-refractivity contribution in [3.8, 4) is 0 Å². The van der Waals surface area contributed by atoms with Gasteiger partial charge in [0.1, 0.15) is 0 Å². The Labute approximate surface area is 169 Å². The van der Waals surface area contributed by atoms with E-state index in [1.807, 2.05) is 0 Å². The molecule has 6 aliphatic heterocycles. The smallest absolute Gasteiger partial charge is 0.633 e. The second-order valence-corrected chi connectivity index (χ2v) is 7.67. The molecule has 6 heterocycles. The van der Waals surface area contributed by atoms with Crippen LogP contribution in [0.15, 0.2) is 0 Å². The number of piperazine rings is 6. The Kier molecular flexibility index (Phi) is 9.33. The number of halogens is 9. The predicted molar refractivity (Wildman–Crippen MR) is 92.9 cm³/mol. The average molecular weight is 464 g/mol. The number of rotatable bonds is 1. The summed E-state index contributed by atoms with van der Waals surface area (Å²) >= 11 is 0. The van der Waals surface area contributed by atoms with Gasteiger partial charge in [-0.15, -0.1) is 4.71 Å². The minimum absolute atomic E-state index is 0.0938. The summed E-state index contributed by atoms with van der Waals surface area (Å²) < 4.78 is 92.1. The van der Waals surface area contributed by atoms with Crippen molar-refractivity contribution in [3.05, 3.63) is 5.21 Å². The van der Waals surface area contributed by atoms with E-state index in [9.17, 15) is 44.2 Å². The molecule has 17 heteroatoms. The maximum Gasteiger partial charge on any atom is 0.673 e. The summed E-state index contributed by atoms with van der Waals surface area (Å²) in [5, 5.41) is 11.4. The second kappa shape index (κ2) is 10.3. The molecule has 0 amide bonds. The summed E-state index contributed by atoms with van der Waals surface area (Å²) in [6.45, 7) is 10.0. The minimum atomic E-state index is -6.00. The summed E-state index contributed by atoms with van der Waals surface area (Å²) in [5.41, 5.74) is 0. The van der Waals surface area contributed by atoms with Crippen LogP contribution in [0.1, 0.15) is 0 Å². The molecule has 6 aliphatic rings. The molecule has 0 aromatic rings. The third kappa shape index (κ3) is 11.0.